The third-order valence-electron chi connectivity index (χ3n) is 1.13. The van der Waals surface area contributed by atoms with E-state index in [1.165, 1.54) is 6.92 Å². The van der Waals surface area contributed by atoms with Crippen LogP contribution in [0.15, 0.2) is 12.2 Å². The monoisotopic (exact) mass is 208 g/mol. The van der Waals surface area contributed by atoms with Gasteiger partial charge in [-0.15, -0.1) is 0 Å². The summed E-state index contributed by atoms with van der Waals surface area (Å²) in [6, 6.07) is 0. The van der Waals surface area contributed by atoms with Gasteiger partial charge in [0.05, 0.1) is 12.4 Å². The predicted molar refractivity (Wildman–Crippen MR) is 46.8 cm³/mol. The number of hydrogen-bond acceptors (Lipinski definition) is 4. The molecule has 76 valence electrons. The van der Waals surface area contributed by atoms with Crippen LogP contribution in [0.1, 0.15) is 13.3 Å². The van der Waals surface area contributed by atoms with E-state index < -0.39 is 21.8 Å². The molecular weight excluding hydrogens is 196 g/mol. The van der Waals surface area contributed by atoms with Gasteiger partial charge >= 0.3 is 5.97 Å². The van der Waals surface area contributed by atoms with Crippen LogP contribution in [-0.4, -0.2) is 31.3 Å². The molecule has 5 nitrogen and oxygen atoms in total. The third kappa shape index (κ3) is 7.48. The summed E-state index contributed by atoms with van der Waals surface area (Å²) in [5, 5.41) is 0. The minimum Gasteiger partial charge on any atom is -0.462 e. The number of carbonyl (C=O) groups excluding carboxylic acids is 1. The molecule has 6 heteroatoms. The van der Waals surface area contributed by atoms with Crippen molar-refractivity contribution < 1.29 is 22.5 Å². The Morgan fingerprint density at radius 1 is 1.54 bits per heavy atom. The Labute approximate surface area is 77.1 Å². The molecule has 0 aromatic heterocycles. The van der Waals surface area contributed by atoms with Crippen molar-refractivity contribution in [2.24, 2.45) is 0 Å². The van der Waals surface area contributed by atoms with Gasteiger partial charge in [0, 0.05) is 5.57 Å². The highest BCUT2D eigenvalue weighted by Gasteiger charge is 2.06. The minimum absolute atomic E-state index is 0.0362. The van der Waals surface area contributed by atoms with E-state index in [0.29, 0.717) is 0 Å². The highest BCUT2D eigenvalue weighted by Crippen LogP contribution is 1.95. The zero-order valence-electron chi connectivity index (χ0n) is 7.32. The van der Waals surface area contributed by atoms with Gasteiger partial charge in [-0.3, -0.25) is 4.55 Å². The quantitative estimate of drug-likeness (QED) is 0.306. The van der Waals surface area contributed by atoms with E-state index in [0.717, 1.165) is 0 Å². The fourth-order valence-corrected chi connectivity index (χ4v) is 1.01. The minimum atomic E-state index is -3.96. The molecule has 0 aliphatic rings. The topological polar surface area (TPSA) is 80.7 Å². The Balaban J connectivity index is 3.59. The number of esters is 1. The molecule has 0 unspecified atom stereocenters. The molecule has 0 aromatic rings. The maximum atomic E-state index is 10.7. The lowest BCUT2D eigenvalue weighted by Gasteiger charge is -2.02. The molecule has 0 atom stereocenters. The van der Waals surface area contributed by atoms with Gasteiger partial charge in [-0.25, -0.2) is 4.79 Å². The first-order valence-corrected chi connectivity index (χ1v) is 5.21. The van der Waals surface area contributed by atoms with Crippen LogP contribution in [0.5, 0.6) is 0 Å². The van der Waals surface area contributed by atoms with E-state index in [2.05, 4.69) is 11.3 Å². The van der Waals surface area contributed by atoms with Crippen molar-refractivity contribution in [2.45, 2.75) is 13.3 Å². The Kier molecular flexibility index (Phi) is 4.64. The molecule has 0 aromatic carbocycles. The van der Waals surface area contributed by atoms with Crippen LogP contribution in [-0.2, 0) is 19.6 Å². The van der Waals surface area contributed by atoms with Crippen LogP contribution in [0.2, 0.25) is 0 Å². The van der Waals surface area contributed by atoms with Crippen LogP contribution >= 0.6 is 0 Å². The molecular formula is C7H12O5S. The summed E-state index contributed by atoms with van der Waals surface area (Å²) >= 11 is 0. The normalized spacial score (nSPS) is 10.9. The average Bonchev–Trinajstić information content (AvgIpc) is 1.95. The van der Waals surface area contributed by atoms with Crippen molar-refractivity contribution in [1.82, 2.24) is 0 Å². The first-order valence-electron chi connectivity index (χ1n) is 3.61. The van der Waals surface area contributed by atoms with Crippen molar-refractivity contribution in [3.05, 3.63) is 12.2 Å². The molecule has 0 radical (unpaired) electrons. The molecule has 0 heterocycles. The van der Waals surface area contributed by atoms with Gasteiger partial charge < -0.3 is 4.74 Å². The molecule has 0 saturated heterocycles. The van der Waals surface area contributed by atoms with Crippen molar-refractivity contribution in [2.75, 3.05) is 12.4 Å². The van der Waals surface area contributed by atoms with Crippen LogP contribution in [0, 0.1) is 0 Å². The van der Waals surface area contributed by atoms with E-state index in [4.69, 9.17) is 4.55 Å². The van der Waals surface area contributed by atoms with Gasteiger partial charge in [0.25, 0.3) is 10.1 Å². The van der Waals surface area contributed by atoms with Crippen LogP contribution < -0.4 is 0 Å². The van der Waals surface area contributed by atoms with E-state index in [-0.39, 0.29) is 18.6 Å². The van der Waals surface area contributed by atoms with Gasteiger partial charge in [0.1, 0.15) is 0 Å². The summed E-state index contributed by atoms with van der Waals surface area (Å²) in [6.07, 6.45) is 0.0812. The molecule has 0 amide bonds. The van der Waals surface area contributed by atoms with Crippen LogP contribution in [0.3, 0.4) is 0 Å². The van der Waals surface area contributed by atoms with Gasteiger partial charge in [-0.2, -0.15) is 8.42 Å². The number of carbonyl (C=O) groups is 1. The van der Waals surface area contributed by atoms with Crippen molar-refractivity contribution in [3.8, 4) is 0 Å². The molecule has 0 saturated carbocycles. The fourth-order valence-electron chi connectivity index (χ4n) is 0.529. The molecule has 0 rings (SSSR count). The molecule has 1 N–H and O–H groups in total. The lowest BCUT2D eigenvalue weighted by molar-refractivity contribution is -0.138. The molecule has 0 fully saturated rings. The van der Waals surface area contributed by atoms with Crippen molar-refractivity contribution in [1.29, 1.82) is 0 Å². The highest BCUT2D eigenvalue weighted by atomic mass is 32.2. The largest absolute Gasteiger partial charge is 0.462 e. The molecule has 0 spiro atoms. The second-order valence-electron chi connectivity index (χ2n) is 2.56. The van der Waals surface area contributed by atoms with Crippen molar-refractivity contribution in [3.63, 3.8) is 0 Å². The van der Waals surface area contributed by atoms with Gasteiger partial charge in [0.15, 0.2) is 0 Å². The Morgan fingerprint density at radius 2 is 2.08 bits per heavy atom. The standard InChI is InChI=1S/C7H12O5S/c1-6(2)7(8)12-4-3-5-13(9,10)11/h1,3-5H2,2H3,(H,9,10,11). The average molecular weight is 208 g/mol. The summed E-state index contributed by atoms with van der Waals surface area (Å²) < 4.78 is 33.3. The van der Waals surface area contributed by atoms with Crippen LogP contribution in [0.25, 0.3) is 0 Å². The lowest BCUT2D eigenvalue weighted by Crippen LogP contribution is -2.11. The summed E-state index contributed by atoms with van der Waals surface area (Å²) in [6.45, 7) is 4.80. The second-order valence-corrected chi connectivity index (χ2v) is 4.13. The highest BCUT2D eigenvalue weighted by molar-refractivity contribution is 7.85. The zero-order valence-corrected chi connectivity index (χ0v) is 8.13. The van der Waals surface area contributed by atoms with E-state index in [1.54, 1.807) is 0 Å². The second kappa shape index (κ2) is 4.98. The smallest absolute Gasteiger partial charge is 0.333 e. The summed E-state index contributed by atoms with van der Waals surface area (Å²) in [7, 11) is -3.96. The van der Waals surface area contributed by atoms with Gasteiger partial charge in [-0.05, 0) is 13.3 Å². The summed E-state index contributed by atoms with van der Waals surface area (Å²) in [4.78, 5) is 10.7. The maximum Gasteiger partial charge on any atom is 0.333 e. The van der Waals surface area contributed by atoms with Gasteiger partial charge in [-0.1, -0.05) is 6.58 Å². The third-order valence-corrected chi connectivity index (χ3v) is 1.93. The Morgan fingerprint density at radius 3 is 2.46 bits per heavy atom. The lowest BCUT2D eigenvalue weighted by atomic mass is 10.4. The van der Waals surface area contributed by atoms with E-state index in [1.807, 2.05) is 0 Å². The first-order chi connectivity index (χ1) is 5.83. The fraction of sp³-hybridized carbons (Fsp3) is 0.571. The maximum absolute atomic E-state index is 10.7. The SMILES string of the molecule is C=C(C)C(=O)OCCCS(=O)(=O)O. The molecule has 0 bridgehead atoms. The molecule has 0 aliphatic heterocycles. The predicted octanol–water partition coefficient (Wildman–Crippen LogP) is 0.384. The molecule has 0 aliphatic carbocycles. The van der Waals surface area contributed by atoms with Gasteiger partial charge in [0.2, 0.25) is 0 Å². The Hall–Kier alpha value is -0.880. The molecule has 13 heavy (non-hydrogen) atoms. The zero-order chi connectivity index (χ0) is 10.5. The van der Waals surface area contributed by atoms with Crippen LogP contribution in [0.4, 0.5) is 0 Å². The number of rotatable bonds is 5. The van der Waals surface area contributed by atoms with E-state index in [9.17, 15) is 13.2 Å². The number of hydrogen-bond donors (Lipinski definition) is 1. The van der Waals surface area contributed by atoms with Crippen molar-refractivity contribution >= 4 is 16.1 Å². The Bertz CT molecular complexity index is 290. The number of ether oxygens (including phenoxy) is 1. The summed E-state index contributed by atoms with van der Waals surface area (Å²) in [5.41, 5.74) is 0.256. The first kappa shape index (κ1) is 12.1. The summed E-state index contributed by atoms with van der Waals surface area (Å²) in [5.74, 6) is -0.966. The van der Waals surface area contributed by atoms with E-state index >= 15 is 0 Å².